The fraction of sp³-hybridized carbons (Fsp3) is 0.619. The van der Waals surface area contributed by atoms with Gasteiger partial charge in [-0.05, 0) is 51.0 Å². The van der Waals surface area contributed by atoms with E-state index < -0.39 is 0 Å². The normalized spacial score (nSPS) is 15.4. The fourth-order valence-electron chi connectivity index (χ4n) is 3.71. The number of rotatable bonds is 8. The highest BCUT2D eigenvalue weighted by atomic mass is 15.2. The molecule has 0 aliphatic carbocycles. The van der Waals surface area contributed by atoms with Crippen LogP contribution in [0.25, 0.3) is 10.9 Å². The van der Waals surface area contributed by atoms with Crippen molar-refractivity contribution in [2.75, 3.05) is 49.5 Å². The van der Waals surface area contributed by atoms with Crippen LogP contribution in [0.1, 0.15) is 46.0 Å². The Morgan fingerprint density at radius 3 is 2.46 bits per heavy atom. The van der Waals surface area contributed by atoms with Gasteiger partial charge in [-0.25, -0.2) is 4.98 Å². The smallest absolute Gasteiger partial charge is 0.225 e. The van der Waals surface area contributed by atoms with Crippen molar-refractivity contribution >= 4 is 22.7 Å². The van der Waals surface area contributed by atoms with Crippen LogP contribution in [-0.4, -0.2) is 54.1 Å². The van der Waals surface area contributed by atoms with Crippen LogP contribution < -0.4 is 10.2 Å². The summed E-state index contributed by atoms with van der Waals surface area (Å²) in [5.74, 6) is 1.87. The van der Waals surface area contributed by atoms with Gasteiger partial charge in [-0.3, -0.25) is 0 Å². The molecule has 0 radical (unpaired) electrons. The summed E-state index contributed by atoms with van der Waals surface area (Å²) in [6.07, 6.45) is 6.28. The van der Waals surface area contributed by atoms with Crippen LogP contribution in [0.5, 0.6) is 0 Å². The highest BCUT2D eigenvalue weighted by Gasteiger charge is 2.16. The number of hydrogen-bond acceptors (Lipinski definition) is 5. The molecule has 2 heterocycles. The Morgan fingerprint density at radius 1 is 1.00 bits per heavy atom. The van der Waals surface area contributed by atoms with Gasteiger partial charge in [0.25, 0.3) is 0 Å². The Bertz CT molecular complexity index is 675. The molecule has 0 atom stereocenters. The minimum atomic E-state index is 0.766. The Kier molecular flexibility index (Phi) is 7.06. The molecule has 1 aromatic heterocycles. The summed E-state index contributed by atoms with van der Waals surface area (Å²) >= 11 is 0. The zero-order valence-corrected chi connectivity index (χ0v) is 16.4. The van der Waals surface area contributed by atoms with Crippen LogP contribution in [0.2, 0.25) is 0 Å². The molecule has 0 spiro atoms. The van der Waals surface area contributed by atoms with Gasteiger partial charge in [0.1, 0.15) is 5.82 Å². The van der Waals surface area contributed by atoms with Gasteiger partial charge in [0, 0.05) is 25.0 Å². The first-order valence-electron chi connectivity index (χ1n) is 10.3. The molecule has 1 fully saturated rings. The van der Waals surface area contributed by atoms with E-state index in [-0.39, 0.29) is 0 Å². The van der Waals surface area contributed by atoms with Crippen LogP contribution in [-0.2, 0) is 0 Å². The van der Waals surface area contributed by atoms with E-state index in [1.807, 2.05) is 0 Å². The van der Waals surface area contributed by atoms with Crippen molar-refractivity contribution in [3.63, 3.8) is 0 Å². The molecular formula is C21H33N5. The summed E-state index contributed by atoms with van der Waals surface area (Å²) in [5, 5.41) is 4.63. The molecule has 26 heavy (non-hydrogen) atoms. The molecule has 1 N–H and O–H groups in total. The number of nitrogens with one attached hydrogen (secondary N) is 1. The van der Waals surface area contributed by atoms with Crippen molar-refractivity contribution < 1.29 is 0 Å². The van der Waals surface area contributed by atoms with E-state index in [1.54, 1.807) is 0 Å². The van der Waals surface area contributed by atoms with E-state index >= 15 is 0 Å². The molecule has 1 aromatic carbocycles. The predicted molar refractivity (Wildman–Crippen MR) is 111 cm³/mol. The van der Waals surface area contributed by atoms with Gasteiger partial charge in [-0.2, -0.15) is 4.98 Å². The zero-order chi connectivity index (χ0) is 18.2. The molecule has 5 heteroatoms. The molecule has 1 aliphatic heterocycles. The van der Waals surface area contributed by atoms with Crippen LogP contribution >= 0.6 is 0 Å². The minimum Gasteiger partial charge on any atom is -0.356 e. The van der Waals surface area contributed by atoms with Gasteiger partial charge >= 0.3 is 0 Å². The lowest BCUT2D eigenvalue weighted by Gasteiger charge is -2.23. The maximum Gasteiger partial charge on any atom is 0.225 e. The van der Waals surface area contributed by atoms with Gasteiger partial charge in [-0.1, -0.05) is 38.8 Å². The van der Waals surface area contributed by atoms with Crippen molar-refractivity contribution in [3.05, 3.63) is 24.3 Å². The molecule has 0 bridgehead atoms. The lowest BCUT2D eigenvalue weighted by atomic mass is 10.2. The number of aromatic nitrogens is 2. The van der Waals surface area contributed by atoms with Crippen molar-refractivity contribution in [2.45, 2.75) is 46.0 Å². The topological polar surface area (TPSA) is 44.3 Å². The van der Waals surface area contributed by atoms with Crippen LogP contribution in [0.15, 0.2) is 24.3 Å². The van der Waals surface area contributed by atoms with Gasteiger partial charge in [0.05, 0.1) is 5.52 Å². The third kappa shape index (κ3) is 4.85. The lowest BCUT2D eigenvalue weighted by molar-refractivity contribution is 0.303. The van der Waals surface area contributed by atoms with Crippen LogP contribution in [0.4, 0.5) is 11.8 Å². The van der Waals surface area contributed by atoms with E-state index in [4.69, 9.17) is 9.97 Å². The summed E-state index contributed by atoms with van der Waals surface area (Å²) in [6.45, 7) is 10.9. The molecule has 1 aliphatic rings. The maximum atomic E-state index is 4.91. The molecule has 3 rings (SSSR count). The average molecular weight is 356 g/mol. The van der Waals surface area contributed by atoms with Crippen molar-refractivity contribution in [1.82, 2.24) is 14.9 Å². The van der Waals surface area contributed by atoms with Crippen molar-refractivity contribution in [3.8, 4) is 0 Å². The van der Waals surface area contributed by atoms with Crippen LogP contribution in [0, 0.1) is 0 Å². The highest BCUT2D eigenvalue weighted by Crippen LogP contribution is 2.27. The molecular weight excluding hydrogens is 322 g/mol. The SMILES string of the molecule is CCN(CC)CCCNc1nc(N2CCCCCC2)c2ccccc2n1. The number of nitrogens with zero attached hydrogens (tertiary/aromatic N) is 4. The summed E-state index contributed by atoms with van der Waals surface area (Å²) in [7, 11) is 0. The molecule has 0 amide bonds. The average Bonchev–Trinajstić information content (AvgIpc) is 2.97. The van der Waals surface area contributed by atoms with Crippen molar-refractivity contribution in [2.24, 2.45) is 0 Å². The second-order valence-corrected chi connectivity index (χ2v) is 7.10. The number of benzene rings is 1. The van der Waals surface area contributed by atoms with E-state index in [0.29, 0.717) is 0 Å². The standard InChI is InChI=1S/C21H33N5/c1-3-25(4-2)15-11-14-22-21-23-19-13-8-7-12-18(19)20(24-21)26-16-9-5-6-10-17-26/h7-8,12-13H,3-6,9-11,14-17H2,1-2H3,(H,22,23,24). The Hall–Kier alpha value is -1.88. The summed E-state index contributed by atoms with van der Waals surface area (Å²) < 4.78 is 0. The quantitative estimate of drug-likeness (QED) is 0.721. The predicted octanol–water partition coefficient (Wildman–Crippen LogP) is 4.15. The Balaban J connectivity index is 1.74. The molecule has 2 aromatic rings. The van der Waals surface area contributed by atoms with Gasteiger partial charge in [0.2, 0.25) is 5.95 Å². The minimum absolute atomic E-state index is 0.766. The zero-order valence-electron chi connectivity index (χ0n) is 16.4. The molecule has 0 saturated carbocycles. The summed E-state index contributed by atoms with van der Waals surface area (Å²) in [6, 6.07) is 8.40. The Labute approximate surface area is 157 Å². The van der Waals surface area contributed by atoms with Gasteiger partial charge in [0.15, 0.2) is 0 Å². The third-order valence-corrected chi connectivity index (χ3v) is 5.32. The monoisotopic (exact) mass is 355 g/mol. The number of anilines is 2. The number of hydrogen-bond donors (Lipinski definition) is 1. The fourth-order valence-corrected chi connectivity index (χ4v) is 3.71. The second kappa shape index (κ2) is 9.72. The molecule has 5 nitrogen and oxygen atoms in total. The lowest BCUT2D eigenvalue weighted by Crippen LogP contribution is -2.26. The summed E-state index contributed by atoms with van der Waals surface area (Å²) in [5.41, 5.74) is 1.04. The first-order valence-corrected chi connectivity index (χ1v) is 10.3. The maximum absolute atomic E-state index is 4.91. The molecule has 1 saturated heterocycles. The highest BCUT2D eigenvalue weighted by molar-refractivity contribution is 5.90. The van der Waals surface area contributed by atoms with Crippen LogP contribution in [0.3, 0.4) is 0 Å². The number of para-hydroxylation sites is 1. The Morgan fingerprint density at radius 2 is 1.73 bits per heavy atom. The van der Waals surface area contributed by atoms with Gasteiger partial charge in [-0.15, -0.1) is 0 Å². The van der Waals surface area contributed by atoms with Crippen molar-refractivity contribution in [1.29, 1.82) is 0 Å². The van der Waals surface area contributed by atoms with E-state index in [1.165, 1.54) is 31.1 Å². The second-order valence-electron chi connectivity index (χ2n) is 7.10. The van der Waals surface area contributed by atoms with E-state index in [0.717, 1.165) is 63.0 Å². The van der Waals surface area contributed by atoms with Gasteiger partial charge < -0.3 is 15.1 Å². The molecule has 142 valence electrons. The first kappa shape index (κ1) is 18.9. The summed E-state index contributed by atoms with van der Waals surface area (Å²) in [4.78, 5) is 14.6. The molecule has 0 unspecified atom stereocenters. The van der Waals surface area contributed by atoms with E-state index in [2.05, 4.69) is 53.2 Å². The largest absolute Gasteiger partial charge is 0.356 e. The third-order valence-electron chi connectivity index (χ3n) is 5.32. The first-order chi connectivity index (χ1) is 12.8. The van der Waals surface area contributed by atoms with E-state index in [9.17, 15) is 0 Å². The number of fused-ring (bicyclic) bond motifs is 1.